The summed E-state index contributed by atoms with van der Waals surface area (Å²) >= 11 is 1.55. The summed E-state index contributed by atoms with van der Waals surface area (Å²) in [6, 6.07) is 20.2. The molecular formula is C27H25N3O4S. The third kappa shape index (κ3) is 6.68. The predicted molar refractivity (Wildman–Crippen MR) is 138 cm³/mol. The molecule has 4 rings (SSSR count). The summed E-state index contributed by atoms with van der Waals surface area (Å²) < 4.78 is 11.5. The van der Waals surface area contributed by atoms with Crippen LogP contribution in [0.15, 0.2) is 72.1 Å². The number of carbonyl (C=O) groups is 2. The molecule has 0 saturated carbocycles. The Morgan fingerprint density at radius 3 is 2.23 bits per heavy atom. The van der Waals surface area contributed by atoms with Gasteiger partial charge in [0.25, 0.3) is 5.91 Å². The van der Waals surface area contributed by atoms with Crippen LogP contribution in [0.25, 0.3) is 11.3 Å². The van der Waals surface area contributed by atoms with Crippen LogP contribution in [-0.2, 0) is 9.59 Å². The van der Waals surface area contributed by atoms with Gasteiger partial charge in [-0.3, -0.25) is 9.59 Å². The molecule has 8 heteroatoms. The van der Waals surface area contributed by atoms with Crippen LogP contribution in [0, 0.1) is 13.8 Å². The fraction of sp³-hybridized carbons (Fsp3) is 0.148. The Bertz CT molecular complexity index is 1330. The molecule has 0 unspecified atom stereocenters. The highest BCUT2D eigenvalue weighted by molar-refractivity contribution is 7.09. The minimum atomic E-state index is -0.329. The number of carbonyl (C=O) groups excluding carboxylic acids is 2. The van der Waals surface area contributed by atoms with Crippen LogP contribution in [0.5, 0.6) is 17.2 Å². The number of nitrogens with one attached hydrogen (secondary N) is 2. The van der Waals surface area contributed by atoms with Crippen molar-refractivity contribution in [1.82, 2.24) is 4.98 Å². The van der Waals surface area contributed by atoms with Gasteiger partial charge in [0, 0.05) is 23.6 Å². The summed E-state index contributed by atoms with van der Waals surface area (Å²) in [4.78, 5) is 28.6. The highest BCUT2D eigenvalue weighted by Gasteiger charge is 2.12. The lowest BCUT2D eigenvalue weighted by Crippen LogP contribution is -2.20. The largest absolute Gasteiger partial charge is 0.482 e. The van der Waals surface area contributed by atoms with Gasteiger partial charge in [0.05, 0.1) is 16.4 Å². The van der Waals surface area contributed by atoms with E-state index in [1.54, 1.807) is 47.7 Å². The second kappa shape index (κ2) is 10.8. The minimum absolute atomic E-state index is 0.219. The molecule has 0 aliphatic rings. The third-order valence-corrected chi connectivity index (χ3v) is 5.73. The SMILES string of the molecule is CC(=O)Nc1cc(-c2csc(C)n2)ccc1OCC(=O)Nc1ccc(Oc2ccc(C)cc2)cc1. The van der Waals surface area contributed by atoms with E-state index in [2.05, 4.69) is 15.6 Å². The lowest BCUT2D eigenvalue weighted by Gasteiger charge is -2.13. The molecule has 3 aromatic carbocycles. The monoisotopic (exact) mass is 487 g/mol. The molecule has 0 saturated heterocycles. The van der Waals surface area contributed by atoms with Crippen LogP contribution in [0.2, 0.25) is 0 Å². The van der Waals surface area contributed by atoms with Gasteiger partial charge in [0.2, 0.25) is 5.91 Å². The van der Waals surface area contributed by atoms with E-state index in [0.717, 1.165) is 27.6 Å². The number of aryl methyl sites for hydroxylation is 2. The number of ether oxygens (including phenoxy) is 2. The lowest BCUT2D eigenvalue weighted by atomic mass is 10.1. The maximum atomic E-state index is 12.5. The van der Waals surface area contributed by atoms with Crippen LogP contribution in [0.3, 0.4) is 0 Å². The van der Waals surface area contributed by atoms with Crippen LogP contribution in [0.4, 0.5) is 11.4 Å². The van der Waals surface area contributed by atoms with Crippen molar-refractivity contribution in [2.45, 2.75) is 20.8 Å². The van der Waals surface area contributed by atoms with E-state index >= 15 is 0 Å². The minimum Gasteiger partial charge on any atom is -0.482 e. The molecule has 1 aromatic heterocycles. The fourth-order valence-corrected chi connectivity index (χ4v) is 3.91. The molecule has 35 heavy (non-hydrogen) atoms. The number of anilines is 2. The first kappa shape index (κ1) is 24.0. The number of nitrogens with zero attached hydrogens (tertiary/aromatic N) is 1. The Morgan fingerprint density at radius 2 is 1.60 bits per heavy atom. The zero-order valence-corrected chi connectivity index (χ0v) is 20.4. The van der Waals surface area contributed by atoms with Gasteiger partial charge in [-0.05, 0) is 68.4 Å². The van der Waals surface area contributed by atoms with Crippen molar-refractivity contribution in [2.75, 3.05) is 17.2 Å². The number of benzene rings is 3. The van der Waals surface area contributed by atoms with E-state index in [1.807, 2.05) is 49.6 Å². The van der Waals surface area contributed by atoms with Crippen LogP contribution in [-0.4, -0.2) is 23.4 Å². The van der Waals surface area contributed by atoms with Gasteiger partial charge in [-0.25, -0.2) is 4.98 Å². The zero-order chi connectivity index (χ0) is 24.8. The molecule has 2 amide bonds. The van der Waals surface area contributed by atoms with Gasteiger partial charge in [0.1, 0.15) is 17.2 Å². The smallest absolute Gasteiger partial charge is 0.262 e. The first-order valence-corrected chi connectivity index (χ1v) is 11.8. The van der Waals surface area contributed by atoms with Crippen molar-refractivity contribution in [1.29, 1.82) is 0 Å². The van der Waals surface area contributed by atoms with Crippen molar-refractivity contribution in [3.8, 4) is 28.5 Å². The standard InChI is InChI=1S/C27H25N3O4S/c1-17-4-9-22(10-5-17)34-23-11-7-21(8-12-23)30-27(32)15-33-26-13-6-20(14-24(26)28-18(2)31)25-16-35-19(3)29-25/h4-14,16H,15H2,1-3H3,(H,28,31)(H,30,32). The van der Waals surface area contributed by atoms with E-state index in [9.17, 15) is 9.59 Å². The fourth-order valence-electron chi connectivity index (χ4n) is 3.29. The number of hydrogen-bond donors (Lipinski definition) is 2. The number of hydrogen-bond acceptors (Lipinski definition) is 6. The van der Waals surface area contributed by atoms with Crippen LogP contribution in [0.1, 0.15) is 17.5 Å². The number of rotatable bonds is 8. The summed E-state index contributed by atoms with van der Waals surface area (Å²) in [6.45, 7) is 5.15. The Balaban J connectivity index is 1.36. The van der Waals surface area contributed by atoms with Crippen molar-refractivity contribution in [3.63, 3.8) is 0 Å². The average molecular weight is 488 g/mol. The van der Waals surface area contributed by atoms with Gasteiger partial charge in [-0.1, -0.05) is 17.7 Å². The molecular weight excluding hydrogens is 462 g/mol. The molecule has 7 nitrogen and oxygen atoms in total. The summed E-state index contributed by atoms with van der Waals surface area (Å²) in [5, 5.41) is 8.46. The molecule has 0 fully saturated rings. The Labute approximate surface area is 207 Å². The van der Waals surface area contributed by atoms with Gasteiger partial charge in [-0.2, -0.15) is 0 Å². The molecule has 0 aliphatic carbocycles. The summed E-state index contributed by atoms with van der Waals surface area (Å²) in [5.41, 5.74) is 3.92. The second-order valence-corrected chi connectivity index (χ2v) is 8.98. The Hall–Kier alpha value is -4.17. The van der Waals surface area contributed by atoms with Crippen molar-refractivity contribution in [3.05, 3.63) is 82.7 Å². The van der Waals surface area contributed by atoms with Gasteiger partial charge < -0.3 is 20.1 Å². The quantitative estimate of drug-likeness (QED) is 0.309. The average Bonchev–Trinajstić information content (AvgIpc) is 3.27. The first-order chi connectivity index (χ1) is 16.9. The van der Waals surface area contributed by atoms with E-state index in [4.69, 9.17) is 9.47 Å². The van der Waals surface area contributed by atoms with Gasteiger partial charge >= 0.3 is 0 Å². The summed E-state index contributed by atoms with van der Waals surface area (Å²) in [5.74, 6) is 1.24. The highest BCUT2D eigenvalue weighted by atomic mass is 32.1. The molecule has 0 spiro atoms. The van der Waals surface area contributed by atoms with Crippen LogP contribution >= 0.6 is 11.3 Å². The molecule has 0 aliphatic heterocycles. The maximum absolute atomic E-state index is 12.5. The maximum Gasteiger partial charge on any atom is 0.262 e. The van der Waals surface area contributed by atoms with Crippen molar-refractivity contribution >= 4 is 34.5 Å². The molecule has 1 heterocycles. The normalized spacial score (nSPS) is 10.5. The second-order valence-electron chi connectivity index (χ2n) is 7.92. The lowest BCUT2D eigenvalue weighted by molar-refractivity contribution is -0.118. The number of aromatic nitrogens is 1. The summed E-state index contributed by atoms with van der Waals surface area (Å²) in [7, 11) is 0. The van der Waals surface area contributed by atoms with E-state index in [1.165, 1.54) is 6.92 Å². The topological polar surface area (TPSA) is 89.5 Å². The van der Waals surface area contributed by atoms with Gasteiger partial charge in [-0.15, -0.1) is 11.3 Å². The van der Waals surface area contributed by atoms with E-state index < -0.39 is 0 Å². The third-order valence-electron chi connectivity index (χ3n) is 4.96. The molecule has 4 aromatic rings. The van der Waals surface area contributed by atoms with E-state index in [0.29, 0.717) is 22.9 Å². The summed E-state index contributed by atoms with van der Waals surface area (Å²) in [6.07, 6.45) is 0. The Morgan fingerprint density at radius 1 is 0.914 bits per heavy atom. The highest BCUT2D eigenvalue weighted by Crippen LogP contribution is 2.31. The van der Waals surface area contributed by atoms with Gasteiger partial charge in [0.15, 0.2) is 6.61 Å². The first-order valence-electron chi connectivity index (χ1n) is 11.0. The molecule has 0 bridgehead atoms. The molecule has 2 N–H and O–H groups in total. The van der Waals surface area contributed by atoms with Crippen LogP contribution < -0.4 is 20.1 Å². The molecule has 0 radical (unpaired) electrons. The number of amides is 2. The number of thiazole rings is 1. The van der Waals surface area contributed by atoms with Crippen molar-refractivity contribution in [2.24, 2.45) is 0 Å². The molecule has 178 valence electrons. The van der Waals surface area contributed by atoms with E-state index in [-0.39, 0.29) is 18.4 Å². The molecule has 0 atom stereocenters. The predicted octanol–water partition coefficient (Wildman–Crippen LogP) is 6.20. The van der Waals surface area contributed by atoms with Crippen molar-refractivity contribution < 1.29 is 19.1 Å². The Kier molecular flexibility index (Phi) is 7.42. The zero-order valence-electron chi connectivity index (χ0n) is 19.6.